The summed E-state index contributed by atoms with van der Waals surface area (Å²) in [6.45, 7) is 0. The fraction of sp³-hybridized carbons (Fsp3) is 0.421. The van der Waals surface area contributed by atoms with Crippen molar-refractivity contribution in [1.29, 1.82) is 0 Å². The molecular weight excluding hydrogens is 292 g/mol. The Bertz CT molecular complexity index is 716. The van der Waals surface area contributed by atoms with Gasteiger partial charge in [0.2, 0.25) is 0 Å². The van der Waals surface area contributed by atoms with Crippen molar-refractivity contribution in [2.45, 2.75) is 38.2 Å². The molecule has 0 N–H and O–H groups in total. The molecule has 2 aliphatic heterocycles. The van der Waals surface area contributed by atoms with Crippen LogP contribution in [-0.4, -0.2) is 23.5 Å². The Morgan fingerprint density at radius 1 is 0.957 bits per heavy atom. The second-order valence-electron chi connectivity index (χ2n) is 6.54. The quantitative estimate of drug-likeness (QED) is 0.800. The molecule has 1 saturated heterocycles. The third kappa shape index (κ3) is 2.24. The summed E-state index contributed by atoms with van der Waals surface area (Å²) in [7, 11) is 0. The minimum absolute atomic E-state index is 0.0422. The molecule has 1 aromatic carbocycles. The fourth-order valence-corrected chi connectivity index (χ4v) is 4.11. The van der Waals surface area contributed by atoms with Gasteiger partial charge in [0.15, 0.2) is 17.3 Å². The van der Waals surface area contributed by atoms with Crippen LogP contribution in [0.3, 0.4) is 0 Å². The van der Waals surface area contributed by atoms with Crippen molar-refractivity contribution in [2.24, 2.45) is 11.8 Å². The van der Waals surface area contributed by atoms with E-state index in [0.29, 0.717) is 11.1 Å². The molecule has 3 atom stereocenters. The summed E-state index contributed by atoms with van der Waals surface area (Å²) >= 11 is 0. The molecule has 0 radical (unpaired) electrons. The van der Waals surface area contributed by atoms with Crippen LogP contribution in [0, 0.1) is 11.8 Å². The molecule has 0 spiro atoms. The van der Waals surface area contributed by atoms with Crippen LogP contribution in [0.4, 0.5) is 0 Å². The average molecular weight is 310 g/mol. The van der Waals surface area contributed by atoms with Gasteiger partial charge in [-0.15, -0.1) is 0 Å². The Morgan fingerprint density at radius 2 is 1.74 bits per heavy atom. The number of fused-ring (bicyclic) bond motifs is 4. The molecule has 3 unspecified atom stereocenters. The Morgan fingerprint density at radius 3 is 2.52 bits per heavy atom. The Hall–Kier alpha value is -2.23. The van der Waals surface area contributed by atoms with Crippen LogP contribution in [0.1, 0.15) is 37.7 Å². The van der Waals surface area contributed by atoms with Crippen molar-refractivity contribution in [1.82, 2.24) is 0 Å². The van der Waals surface area contributed by atoms with E-state index in [1.54, 1.807) is 0 Å². The van der Waals surface area contributed by atoms with E-state index in [2.05, 4.69) is 0 Å². The summed E-state index contributed by atoms with van der Waals surface area (Å²) in [6, 6.07) is 9.19. The maximum atomic E-state index is 13.2. The highest BCUT2D eigenvalue weighted by Gasteiger charge is 2.49. The average Bonchev–Trinajstić information content (AvgIpc) is 2.63. The lowest BCUT2D eigenvalue weighted by atomic mass is 9.70. The maximum Gasteiger partial charge on any atom is 0.198 e. The van der Waals surface area contributed by atoms with Gasteiger partial charge in [-0.2, -0.15) is 0 Å². The SMILES string of the molecule is O=C1CCC(=O)C2CCCC3OC1=C(c1ccccc1)C(=O)C32. The van der Waals surface area contributed by atoms with E-state index >= 15 is 0 Å². The van der Waals surface area contributed by atoms with E-state index in [-0.39, 0.29) is 48.0 Å². The first kappa shape index (κ1) is 14.4. The molecule has 118 valence electrons. The molecule has 4 heteroatoms. The van der Waals surface area contributed by atoms with Crippen molar-refractivity contribution >= 4 is 22.9 Å². The number of hydrogen-bond donors (Lipinski definition) is 0. The largest absolute Gasteiger partial charge is 0.485 e. The summed E-state index contributed by atoms with van der Waals surface area (Å²) in [5.41, 5.74) is 1.08. The van der Waals surface area contributed by atoms with Crippen LogP contribution >= 0.6 is 0 Å². The predicted octanol–water partition coefficient (Wildman–Crippen LogP) is 2.71. The van der Waals surface area contributed by atoms with Crippen molar-refractivity contribution in [3.63, 3.8) is 0 Å². The fourth-order valence-electron chi connectivity index (χ4n) is 4.11. The van der Waals surface area contributed by atoms with Gasteiger partial charge in [0.1, 0.15) is 11.9 Å². The molecule has 2 heterocycles. The van der Waals surface area contributed by atoms with Crippen LogP contribution in [-0.2, 0) is 19.1 Å². The topological polar surface area (TPSA) is 60.4 Å². The van der Waals surface area contributed by atoms with Gasteiger partial charge in [-0.05, 0) is 24.8 Å². The summed E-state index contributed by atoms with van der Waals surface area (Å²) in [5.74, 6) is -0.820. The number of allylic oxidation sites excluding steroid dienone is 2. The minimum atomic E-state index is -0.430. The molecule has 5 rings (SSSR count). The smallest absolute Gasteiger partial charge is 0.198 e. The van der Waals surface area contributed by atoms with E-state index < -0.39 is 5.92 Å². The number of rotatable bonds is 1. The normalized spacial score (nSPS) is 30.6. The van der Waals surface area contributed by atoms with Gasteiger partial charge in [0, 0.05) is 18.8 Å². The lowest BCUT2D eigenvalue weighted by Gasteiger charge is -2.39. The second kappa shape index (κ2) is 5.44. The van der Waals surface area contributed by atoms with Crippen molar-refractivity contribution < 1.29 is 19.1 Å². The van der Waals surface area contributed by atoms with Gasteiger partial charge in [-0.3, -0.25) is 14.4 Å². The number of hydrogen-bond acceptors (Lipinski definition) is 4. The van der Waals surface area contributed by atoms with Crippen LogP contribution in [0.2, 0.25) is 0 Å². The molecule has 2 aliphatic carbocycles. The number of carbonyl (C=O) groups excluding carboxylic acids is 3. The molecule has 4 bridgehead atoms. The first-order valence-corrected chi connectivity index (χ1v) is 8.23. The molecule has 0 aromatic heterocycles. The van der Waals surface area contributed by atoms with Gasteiger partial charge < -0.3 is 4.74 Å². The van der Waals surface area contributed by atoms with Gasteiger partial charge in [-0.25, -0.2) is 0 Å². The summed E-state index contributed by atoms with van der Waals surface area (Å²) in [6.07, 6.45) is 2.35. The van der Waals surface area contributed by atoms with E-state index in [0.717, 1.165) is 19.3 Å². The first-order valence-electron chi connectivity index (χ1n) is 8.23. The van der Waals surface area contributed by atoms with Crippen molar-refractivity contribution in [2.75, 3.05) is 0 Å². The molecule has 2 fully saturated rings. The third-order valence-electron chi connectivity index (χ3n) is 5.21. The molecule has 4 nitrogen and oxygen atoms in total. The second-order valence-corrected chi connectivity index (χ2v) is 6.54. The zero-order chi connectivity index (χ0) is 16.0. The summed E-state index contributed by atoms with van der Waals surface area (Å²) in [4.78, 5) is 38.2. The number of carbonyl (C=O) groups is 3. The van der Waals surface area contributed by atoms with Crippen LogP contribution in [0.5, 0.6) is 0 Å². The Balaban J connectivity index is 1.91. The summed E-state index contributed by atoms with van der Waals surface area (Å²) in [5, 5.41) is 0. The van der Waals surface area contributed by atoms with E-state index in [1.165, 1.54) is 0 Å². The molecule has 1 saturated carbocycles. The van der Waals surface area contributed by atoms with Gasteiger partial charge in [0.25, 0.3) is 0 Å². The van der Waals surface area contributed by atoms with Crippen LogP contribution in [0.25, 0.3) is 5.57 Å². The van der Waals surface area contributed by atoms with Crippen LogP contribution in [0.15, 0.2) is 36.1 Å². The predicted molar refractivity (Wildman–Crippen MR) is 83.3 cm³/mol. The van der Waals surface area contributed by atoms with Crippen LogP contribution < -0.4 is 0 Å². The van der Waals surface area contributed by atoms with Crippen molar-refractivity contribution in [3.8, 4) is 0 Å². The van der Waals surface area contributed by atoms with E-state index in [9.17, 15) is 14.4 Å². The molecule has 23 heavy (non-hydrogen) atoms. The Labute approximate surface area is 134 Å². The number of ketones is 3. The number of benzene rings is 1. The molecule has 0 amide bonds. The highest BCUT2D eigenvalue weighted by Crippen LogP contribution is 2.44. The monoisotopic (exact) mass is 310 g/mol. The molecule has 4 aliphatic rings. The highest BCUT2D eigenvalue weighted by atomic mass is 16.5. The zero-order valence-corrected chi connectivity index (χ0v) is 12.8. The van der Waals surface area contributed by atoms with E-state index in [1.807, 2.05) is 30.3 Å². The van der Waals surface area contributed by atoms with Gasteiger partial charge in [-0.1, -0.05) is 30.3 Å². The van der Waals surface area contributed by atoms with Crippen molar-refractivity contribution in [3.05, 3.63) is 41.7 Å². The summed E-state index contributed by atoms with van der Waals surface area (Å²) < 4.78 is 6.00. The number of Topliss-reactive ketones (excluding diaryl/α,β-unsaturated/α-hetero) is 3. The van der Waals surface area contributed by atoms with E-state index in [4.69, 9.17) is 4.74 Å². The standard InChI is InChI=1S/C19H18O4/c20-13-9-10-14(21)19-16(11-5-2-1-3-6-11)18(22)17-12(13)7-4-8-15(17)23-19/h1-3,5-6,12,15,17H,4,7-10H2. The Kier molecular flexibility index (Phi) is 3.40. The molecular formula is C19H18O4. The minimum Gasteiger partial charge on any atom is -0.485 e. The lowest BCUT2D eigenvalue weighted by Crippen LogP contribution is -2.45. The first-order chi connectivity index (χ1) is 11.2. The lowest BCUT2D eigenvalue weighted by molar-refractivity contribution is -0.139. The van der Waals surface area contributed by atoms with Gasteiger partial charge in [0.05, 0.1) is 11.5 Å². The molecule has 1 aromatic rings. The number of ether oxygens (including phenoxy) is 1. The maximum absolute atomic E-state index is 13.2. The third-order valence-corrected chi connectivity index (χ3v) is 5.21. The zero-order valence-electron chi connectivity index (χ0n) is 12.8. The highest BCUT2D eigenvalue weighted by molar-refractivity contribution is 6.29. The van der Waals surface area contributed by atoms with Gasteiger partial charge >= 0.3 is 0 Å².